The van der Waals surface area contributed by atoms with Gasteiger partial charge in [-0.25, -0.2) is 0 Å². The van der Waals surface area contributed by atoms with Gasteiger partial charge in [0.2, 0.25) is 0 Å². The third-order valence-electron chi connectivity index (χ3n) is 6.37. The lowest BCUT2D eigenvalue weighted by atomic mass is 9.98. The lowest BCUT2D eigenvalue weighted by Gasteiger charge is -2.06. The number of aromatic amines is 1. The molecule has 4 nitrogen and oxygen atoms in total. The predicted octanol–water partition coefficient (Wildman–Crippen LogP) is 7.07. The number of nitrogens with one attached hydrogen (secondary N) is 1. The minimum absolute atomic E-state index is 1.11. The molecular weight excluding hydrogens is 416 g/mol. The number of hydrogen-bond acceptors (Lipinski definition) is 3. The molecule has 0 fully saturated rings. The zero-order valence-corrected chi connectivity index (χ0v) is 19.4. The maximum absolute atomic E-state index is 3.42. The number of fused-ring (bicyclic) bond motifs is 6. The summed E-state index contributed by atoms with van der Waals surface area (Å²) in [6.45, 7) is 4.43. The zero-order chi connectivity index (χ0) is 23.3. The van der Waals surface area contributed by atoms with Gasteiger partial charge in [0.15, 0.2) is 0 Å². The molecule has 0 radical (unpaired) electrons. The van der Waals surface area contributed by atoms with E-state index in [1.165, 1.54) is 55.2 Å². The molecule has 0 unspecified atom stereocenters. The van der Waals surface area contributed by atoms with Crippen molar-refractivity contribution in [1.82, 2.24) is 20.4 Å². The van der Waals surface area contributed by atoms with Crippen molar-refractivity contribution >= 4 is 21.8 Å². The molecule has 4 aromatic carbocycles. The van der Waals surface area contributed by atoms with E-state index in [2.05, 4.69) is 119 Å². The topological polar surface area (TPSA) is 54.5 Å². The predicted molar refractivity (Wildman–Crippen MR) is 140 cm³/mol. The summed E-state index contributed by atoms with van der Waals surface area (Å²) in [6, 6.07) is 31.7. The summed E-state index contributed by atoms with van der Waals surface area (Å²) < 4.78 is 0. The van der Waals surface area contributed by atoms with Crippen LogP contribution in [-0.2, 0) is 6.42 Å². The Balaban J connectivity index is 0.000000115. The normalized spacial score (nSPS) is 11.1. The van der Waals surface area contributed by atoms with Crippen molar-refractivity contribution in [3.63, 3.8) is 0 Å². The summed E-state index contributed by atoms with van der Waals surface area (Å²) in [7, 11) is 0. The van der Waals surface area contributed by atoms with Crippen LogP contribution in [0.15, 0.2) is 103 Å². The van der Waals surface area contributed by atoms with Crippen LogP contribution in [0.3, 0.4) is 0 Å². The minimum Gasteiger partial charge on any atom is -0.355 e. The Kier molecular flexibility index (Phi) is 6.13. The van der Waals surface area contributed by atoms with Gasteiger partial charge in [0.1, 0.15) is 0 Å². The molecule has 4 heteroatoms. The Morgan fingerprint density at radius 1 is 0.618 bits per heavy atom. The summed E-state index contributed by atoms with van der Waals surface area (Å²) in [5.41, 5.74) is 11.2. The van der Waals surface area contributed by atoms with Crippen LogP contribution in [0.5, 0.6) is 0 Å². The van der Waals surface area contributed by atoms with Crippen molar-refractivity contribution in [2.24, 2.45) is 0 Å². The second-order valence-corrected chi connectivity index (χ2v) is 8.39. The number of rotatable bonds is 0. The first kappa shape index (κ1) is 21.5. The van der Waals surface area contributed by atoms with Crippen LogP contribution in [0.25, 0.3) is 32.9 Å². The van der Waals surface area contributed by atoms with E-state index in [0.29, 0.717) is 0 Å². The molecule has 2 aromatic heterocycles. The molecule has 34 heavy (non-hydrogen) atoms. The first-order chi connectivity index (χ1) is 16.7. The molecule has 2 heterocycles. The zero-order valence-electron chi connectivity index (χ0n) is 19.4. The van der Waals surface area contributed by atoms with E-state index >= 15 is 0 Å². The van der Waals surface area contributed by atoms with E-state index in [1.807, 2.05) is 0 Å². The Labute approximate surface area is 199 Å². The Morgan fingerprint density at radius 2 is 1.24 bits per heavy atom. The van der Waals surface area contributed by atoms with Gasteiger partial charge in [0.05, 0.1) is 12.4 Å². The lowest BCUT2D eigenvalue weighted by Crippen LogP contribution is -1.89. The monoisotopic (exact) mass is 442 g/mol. The molecule has 7 rings (SSSR count). The van der Waals surface area contributed by atoms with Crippen LogP contribution in [0.2, 0.25) is 0 Å². The summed E-state index contributed by atoms with van der Waals surface area (Å²) in [5.74, 6) is 0. The van der Waals surface area contributed by atoms with Gasteiger partial charge in [-0.05, 0) is 77.1 Å². The van der Waals surface area contributed by atoms with Crippen LogP contribution in [0, 0.1) is 13.8 Å². The van der Waals surface area contributed by atoms with Crippen LogP contribution in [0.1, 0.15) is 22.3 Å². The van der Waals surface area contributed by atoms with Crippen molar-refractivity contribution in [1.29, 1.82) is 0 Å². The number of aromatic nitrogens is 4. The number of H-pyrrole nitrogens is 1. The van der Waals surface area contributed by atoms with Crippen molar-refractivity contribution in [3.05, 3.63) is 126 Å². The molecule has 6 aromatic rings. The maximum atomic E-state index is 3.42. The Bertz CT molecular complexity index is 1470. The summed E-state index contributed by atoms with van der Waals surface area (Å²) >= 11 is 0. The van der Waals surface area contributed by atoms with Gasteiger partial charge in [-0.2, -0.15) is 0 Å². The maximum Gasteiger partial charge on any atom is 0.0529 e. The average molecular weight is 443 g/mol. The van der Waals surface area contributed by atoms with E-state index in [9.17, 15) is 0 Å². The van der Waals surface area contributed by atoms with Crippen molar-refractivity contribution < 1.29 is 0 Å². The molecule has 0 atom stereocenters. The molecule has 166 valence electrons. The standard InChI is InChI=1S/C15H14.C12H9N.C3H3N3/c1-10-7-8-14-13-6-4-3-5-12(13)9-15(14)11(10)2;1-3-7-11-9(5-1)10-6-2-4-8-12(10)13-11;1-2-4-6-5-3-1/h3-8H,9H2,1-2H3;1-8,13H;1-3H. The molecule has 0 amide bonds. The highest BCUT2D eigenvalue weighted by molar-refractivity contribution is 6.06. The van der Waals surface area contributed by atoms with E-state index in [-0.39, 0.29) is 0 Å². The fourth-order valence-corrected chi connectivity index (χ4v) is 4.49. The molecule has 1 aliphatic carbocycles. The molecule has 1 aliphatic rings. The fourth-order valence-electron chi connectivity index (χ4n) is 4.49. The highest BCUT2D eigenvalue weighted by atomic mass is 15.3. The van der Waals surface area contributed by atoms with Crippen molar-refractivity contribution in [2.75, 3.05) is 0 Å². The molecule has 0 bridgehead atoms. The highest BCUT2D eigenvalue weighted by Crippen LogP contribution is 2.38. The number of benzene rings is 4. The van der Waals surface area contributed by atoms with Gasteiger partial charge in [-0.3, -0.25) is 0 Å². The minimum atomic E-state index is 1.11. The quantitative estimate of drug-likeness (QED) is 0.273. The van der Waals surface area contributed by atoms with E-state index in [1.54, 1.807) is 18.5 Å². The van der Waals surface area contributed by atoms with Crippen molar-refractivity contribution in [3.8, 4) is 11.1 Å². The third-order valence-corrected chi connectivity index (χ3v) is 6.37. The number of para-hydroxylation sites is 2. The smallest absolute Gasteiger partial charge is 0.0529 e. The van der Waals surface area contributed by atoms with Crippen LogP contribution < -0.4 is 0 Å². The number of hydrogen-bond donors (Lipinski definition) is 1. The van der Waals surface area contributed by atoms with E-state index in [4.69, 9.17) is 0 Å². The van der Waals surface area contributed by atoms with E-state index < -0.39 is 0 Å². The van der Waals surface area contributed by atoms with Crippen LogP contribution in [-0.4, -0.2) is 20.4 Å². The Morgan fingerprint density at radius 3 is 1.85 bits per heavy atom. The molecular formula is C30H26N4. The SMILES string of the molecule is Cc1ccc2c(c1C)Cc1ccccc1-2.c1ccc2c(c1)[nH]c1ccccc12.c1cnnnc1. The second kappa shape index (κ2) is 9.67. The largest absolute Gasteiger partial charge is 0.355 e. The summed E-state index contributed by atoms with van der Waals surface area (Å²) in [4.78, 5) is 3.38. The number of nitrogens with zero attached hydrogens (tertiary/aromatic N) is 3. The highest BCUT2D eigenvalue weighted by Gasteiger charge is 2.19. The van der Waals surface area contributed by atoms with Crippen LogP contribution >= 0.6 is 0 Å². The first-order valence-corrected chi connectivity index (χ1v) is 11.4. The molecule has 0 saturated carbocycles. The average Bonchev–Trinajstić information content (AvgIpc) is 3.47. The molecule has 0 aliphatic heterocycles. The van der Waals surface area contributed by atoms with E-state index in [0.717, 1.165) is 6.42 Å². The molecule has 1 N–H and O–H groups in total. The van der Waals surface area contributed by atoms with Gasteiger partial charge >= 0.3 is 0 Å². The third kappa shape index (κ3) is 4.30. The van der Waals surface area contributed by atoms with Crippen molar-refractivity contribution in [2.45, 2.75) is 20.3 Å². The summed E-state index contributed by atoms with van der Waals surface area (Å²) in [5, 5.41) is 12.7. The molecule has 0 spiro atoms. The number of aryl methyl sites for hydroxylation is 1. The molecule has 0 saturated heterocycles. The second-order valence-electron chi connectivity index (χ2n) is 8.39. The fraction of sp³-hybridized carbons (Fsp3) is 0.100. The van der Waals surface area contributed by atoms with Gasteiger partial charge in [-0.1, -0.05) is 72.8 Å². The van der Waals surface area contributed by atoms with Gasteiger partial charge in [0.25, 0.3) is 0 Å². The lowest BCUT2D eigenvalue weighted by molar-refractivity contribution is 0.865. The van der Waals surface area contributed by atoms with Gasteiger partial charge < -0.3 is 4.98 Å². The van der Waals surface area contributed by atoms with Gasteiger partial charge in [-0.15, -0.1) is 10.2 Å². The Hall–Kier alpha value is -4.31. The van der Waals surface area contributed by atoms with Crippen LogP contribution in [0.4, 0.5) is 0 Å². The van der Waals surface area contributed by atoms with Gasteiger partial charge in [0, 0.05) is 21.8 Å². The summed E-state index contributed by atoms with van der Waals surface area (Å²) in [6.07, 6.45) is 4.26. The first-order valence-electron chi connectivity index (χ1n) is 11.4.